The fourth-order valence-corrected chi connectivity index (χ4v) is 4.55. The Kier molecular flexibility index (Phi) is 3.95. The van der Waals surface area contributed by atoms with Crippen LogP contribution in [0.5, 0.6) is 0 Å². The van der Waals surface area contributed by atoms with Gasteiger partial charge in [-0.2, -0.15) is 0 Å². The van der Waals surface area contributed by atoms with Gasteiger partial charge in [-0.3, -0.25) is 9.69 Å². The molecular weight excluding hydrogens is 356 g/mol. The second-order valence-corrected chi connectivity index (χ2v) is 7.98. The number of fused-ring (bicyclic) bond motifs is 2. The first-order valence-electron chi connectivity index (χ1n) is 9.10. The van der Waals surface area contributed by atoms with E-state index in [4.69, 9.17) is 4.98 Å². The Morgan fingerprint density at radius 3 is 2.93 bits per heavy atom. The number of nitrogens with zero attached hydrogens (tertiary/aromatic N) is 3. The molecule has 1 aromatic carbocycles. The minimum Gasteiger partial charge on any atom is -0.346 e. The van der Waals surface area contributed by atoms with Crippen LogP contribution in [0, 0.1) is 0 Å². The van der Waals surface area contributed by atoms with Crippen molar-refractivity contribution in [2.45, 2.75) is 19.5 Å². The van der Waals surface area contributed by atoms with Gasteiger partial charge in [0.05, 0.1) is 10.6 Å². The van der Waals surface area contributed by atoms with E-state index in [-0.39, 0.29) is 5.56 Å². The molecule has 0 fully saturated rings. The van der Waals surface area contributed by atoms with Gasteiger partial charge in [-0.05, 0) is 35.4 Å². The SMILES string of the molecule is Cn1c(CN2CCc3c(nc(-c4cccs4)[nH]c3=O)C2)cc2ccccc21. The normalized spacial score (nSPS) is 14.6. The smallest absolute Gasteiger partial charge is 0.254 e. The first kappa shape index (κ1) is 16.5. The summed E-state index contributed by atoms with van der Waals surface area (Å²) in [5.74, 6) is 0.681. The van der Waals surface area contributed by atoms with E-state index in [0.717, 1.165) is 35.6 Å². The zero-order valence-corrected chi connectivity index (χ0v) is 15.9. The van der Waals surface area contributed by atoms with Gasteiger partial charge < -0.3 is 9.55 Å². The second kappa shape index (κ2) is 6.48. The molecule has 0 saturated carbocycles. The van der Waals surface area contributed by atoms with Crippen LogP contribution in [-0.4, -0.2) is 26.0 Å². The van der Waals surface area contributed by atoms with Crippen LogP contribution in [0.3, 0.4) is 0 Å². The van der Waals surface area contributed by atoms with Crippen molar-refractivity contribution in [1.29, 1.82) is 0 Å². The van der Waals surface area contributed by atoms with E-state index in [2.05, 4.69) is 51.8 Å². The van der Waals surface area contributed by atoms with Gasteiger partial charge >= 0.3 is 0 Å². The van der Waals surface area contributed by atoms with Crippen LogP contribution in [0.1, 0.15) is 17.0 Å². The number of aromatic nitrogens is 3. The molecule has 136 valence electrons. The summed E-state index contributed by atoms with van der Waals surface area (Å²) in [5.41, 5.74) is 4.28. The fraction of sp³-hybridized carbons (Fsp3) is 0.238. The highest BCUT2D eigenvalue weighted by Crippen LogP contribution is 2.24. The molecule has 0 aliphatic carbocycles. The third kappa shape index (κ3) is 2.91. The van der Waals surface area contributed by atoms with Crippen molar-refractivity contribution in [3.63, 3.8) is 0 Å². The molecule has 0 amide bonds. The maximum atomic E-state index is 12.5. The van der Waals surface area contributed by atoms with E-state index in [1.54, 1.807) is 11.3 Å². The molecule has 4 heterocycles. The summed E-state index contributed by atoms with van der Waals surface area (Å²) in [5, 5.41) is 3.27. The average Bonchev–Trinajstić information content (AvgIpc) is 3.31. The Labute approximate surface area is 160 Å². The molecule has 0 unspecified atom stereocenters. The van der Waals surface area contributed by atoms with E-state index in [9.17, 15) is 4.79 Å². The number of aromatic amines is 1. The van der Waals surface area contributed by atoms with Crippen molar-refractivity contribution in [2.75, 3.05) is 6.54 Å². The molecule has 5 nitrogen and oxygen atoms in total. The molecule has 0 spiro atoms. The van der Waals surface area contributed by atoms with Gasteiger partial charge in [-0.25, -0.2) is 4.98 Å². The first-order valence-corrected chi connectivity index (χ1v) is 9.98. The Balaban J connectivity index is 1.45. The van der Waals surface area contributed by atoms with Crippen LogP contribution >= 0.6 is 11.3 Å². The van der Waals surface area contributed by atoms with Gasteiger partial charge in [-0.1, -0.05) is 24.3 Å². The Morgan fingerprint density at radius 1 is 1.22 bits per heavy atom. The van der Waals surface area contributed by atoms with Crippen molar-refractivity contribution in [1.82, 2.24) is 19.4 Å². The zero-order valence-electron chi connectivity index (χ0n) is 15.1. The molecule has 0 bridgehead atoms. The summed E-state index contributed by atoms with van der Waals surface area (Å²) in [6, 6.07) is 14.7. The maximum Gasteiger partial charge on any atom is 0.254 e. The average molecular weight is 376 g/mol. The van der Waals surface area contributed by atoms with E-state index >= 15 is 0 Å². The summed E-state index contributed by atoms with van der Waals surface area (Å²) >= 11 is 1.59. The number of nitrogens with one attached hydrogen (secondary N) is 1. The van der Waals surface area contributed by atoms with Crippen LogP contribution < -0.4 is 5.56 Å². The first-order chi connectivity index (χ1) is 13.2. The van der Waals surface area contributed by atoms with Crippen molar-refractivity contribution < 1.29 is 0 Å². The molecule has 0 radical (unpaired) electrons. The number of para-hydroxylation sites is 1. The summed E-state index contributed by atoms with van der Waals surface area (Å²) in [4.78, 5) is 23.6. The Bertz CT molecular complexity index is 1170. The van der Waals surface area contributed by atoms with Crippen LogP contribution in [0.25, 0.3) is 21.6 Å². The molecule has 6 heteroatoms. The molecule has 3 aromatic heterocycles. The number of hydrogen-bond donors (Lipinski definition) is 1. The molecular formula is C21H20N4OS. The quantitative estimate of drug-likeness (QED) is 0.595. The van der Waals surface area contributed by atoms with E-state index in [1.807, 2.05) is 17.5 Å². The van der Waals surface area contributed by atoms with Crippen LogP contribution in [0.15, 0.2) is 52.6 Å². The van der Waals surface area contributed by atoms with Crippen molar-refractivity contribution >= 4 is 22.2 Å². The lowest BCUT2D eigenvalue weighted by Gasteiger charge is -2.27. The summed E-state index contributed by atoms with van der Waals surface area (Å²) in [6.07, 6.45) is 0.742. The molecule has 4 aromatic rings. The summed E-state index contributed by atoms with van der Waals surface area (Å²) < 4.78 is 2.26. The standard InChI is InChI=1S/C21H20N4OS/c1-24-15(11-14-5-2-3-6-18(14)24)12-25-9-8-16-17(13-25)22-20(23-21(16)26)19-7-4-10-27-19/h2-7,10-11H,8-9,12-13H2,1H3,(H,22,23,26). The van der Waals surface area contributed by atoms with E-state index in [1.165, 1.54) is 16.6 Å². The maximum absolute atomic E-state index is 12.5. The molecule has 27 heavy (non-hydrogen) atoms. The molecule has 5 rings (SSSR count). The van der Waals surface area contributed by atoms with Gasteiger partial charge in [0.15, 0.2) is 5.82 Å². The van der Waals surface area contributed by atoms with Crippen LogP contribution in [0.4, 0.5) is 0 Å². The monoisotopic (exact) mass is 376 g/mol. The lowest BCUT2D eigenvalue weighted by molar-refractivity contribution is 0.236. The molecule has 1 aliphatic heterocycles. The van der Waals surface area contributed by atoms with Gasteiger partial charge in [0.25, 0.3) is 5.56 Å². The number of rotatable bonds is 3. The van der Waals surface area contributed by atoms with E-state index < -0.39 is 0 Å². The van der Waals surface area contributed by atoms with Gasteiger partial charge in [0, 0.05) is 43.5 Å². The highest BCUT2D eigenvalue weighted by molar-refractivity contribution is 7.13. The van der Waals surface area contributed by atoms with Crippen molar-refractivity contribution in [2.24, 2.45) is 7.05 Å². The summed E-state index contributed by atoms with van der Waals surface area (Å²) in [7, 11) is 2.12. The number of benzene rings is 1. The number of aryl methyl sites for hydroxylation is 1. The minimum absolute atomic E-state index is 0.00709. The lowest BCUT2D eigenvalue weighted by atomic mass is 10.1. The van der Waals surface area contributed by atoms with Gasteiger partial charge in [-0.15, -0.1) is 11.3 Å². The molecule has 0 saturated heterocycles. The van der Waals surface area contributed by atoms with E-state index in [0.29, 0.717) is 12.4 Å². The highest BCUT2D eigenvalue weighted by Gasteiger charge is 2.22. The third-order valence-electron chi connectivity index (χ3n) is 5.34. The molecule has 0 atom stereocenters. The lowest BCUT2D eigenvalue weighted by Crippen LogP contribution is -2.35. The predicted octanol–water partition coefficient (Wildman–Crippen LogP) is 3.55. The van der Waals surface area contributed by atoms with Crippen molar-refractivity contribution in [3.05, 3.63) is 75.1 Å². The highest BCUT2D eigenvalue weighted by atomic mass is 32.1. The number of thiophene rings is 1. The van der Waals surface area contributed by atoms with Crippen LogP contribution in [0.2, 0.25) is 0 Å². The number of hydrogen-bond acceptors (Lipinski definition) is 4. The van der Waals surface area contributed by atoms with Crippen molar-refractivity contribution in [3.8, 4) is 10.7 Å². The van der Waals surface area contributed by atoms with Crippen LogP contribution in [-0.2, 0) is 26.6 Å². The minimum atomic E-state index is 0.00709. The van der Waals surface area contributed by atoms with Gasteiger partial charge in [0.2, 0.25) is 0 Å². The number of H-pyrrole nitrogens is 1. The molecule has 1 N–H and O–H groups in total. The third-order valence-corrected chi connectivity index (χ3v) is 6.22. The Hall–Kier alpha value is -2.70. The predicted molar refractivity (Wildman–Crippen MR) is 109 cm³/mol. The largest absolute Gasteiger partial charge is 0.346 e. The Morgan fingerprint density at radius 2 is 2.11 bits per heavy atom. The summed E-state index contributed by atoms with van der Waals surface area (Å²) in [6.45, 7) is 2.43. The van der Waals surface area contributed by atoms with Gasteiger partial charge in [0.1, 0.15) is 0 Å². The molecule has 1 aliphatic rings. The zero-order chi connectivity index (χ0) is 18.4. The topological polar surface area (TPSA) is 53.9 Å². The fourth-order valence-electron chi connectivity index (χ4n) is 3.89. The second-order valence-electron chi connectivity index (χ2n) is 7.03.